The van der Waals surface area contributed by atoms with Crippen LogP contribution in [-0.2, 0) is 17.8 Å². The van der Waals surface area contributed by atoms with Crippen LogP contribution >= 0.6 is 0 Å². The molecule has 0 fully saturated rings. The molecule has 0 bridgehead atoms. The summed E-state index contributed by atoms with van der Waals surface area (Å²) >= 11 is 0. The number of ether oxygens (including phenoxy) is 1. The van der Waals surface area contributed by atoms with Crippen molar-refractivity contribution < 1.29 is 14.6 Å². The summed E-state index contributed by atoms with van der Waals surface area (Å²) in [6, 6.07) is 11.4. The number of hydrogen-bond donors (Lipinski definition) is 1. The molecule has 1 N–H and O–H groups in total. The number of nitrogens with zero attached hydrogens (tertiary/aromatic N) is 2. The summed E-state index contributed by atoms with van der Waals surface area (Å²) in [5.41, 5.74) is 2.90. The van der Waals surface area contributed by atoms with Crippen molar-refractivity contribution in [1.29, 1.82) is 0 Å². The summed E-state index contributed by atoms with van der Waals surface area (Å²) in [6.45, 7) is 4.26. The normalized spacial score (nSPS) is 11.8. The first-order valence-electron chi connectivity index (χ1n) is 8.06. The van der Waals surface area contributed by atoms with Crippen LogP contribution in [0.2, 0.25) is 0 Å². The summed E-state index contributed by atoms with van der Waals surface area (Å²) in [4.78, 5) is 18.0. The monoisotopic (exact) mass is 328 g/mol. The average Bonchev–Trinajstić information content (AvgIpc) is 2.60. The second kappa shape index (κ2) is 8.45. The van der Waals surface area contributed by atoms with Gasteiger partial charge in [0.15, 0.2) is 6.10 Å². The number of hydrogen-bond acceptors (Lipinski definition) is 4. The fourth-order valence-electron chi connectivity index (χ4n) is 2.29. The maximum Gasteiger partial charge on any atom is 0.255 e. The van der Waals surface area contributed by atoms with Crippen molar-refractivity contribution >= 4 is 5.91 Å². The number of carbonyl (C=O) groups is 1. The highest BCUT2D eigenvalue weighted by atomic mass is 16.5. The van der Waals surface area contributed by atoms with E-state index in [9.17, 15) is 9.90 Å². The zero-order chi connectivity index (χ0) is 17.5. The number of amides is 1. The van der Waals surface area contributed by atoms with Crippen molar-refractivity contribution in [3.63, 3.8) is 0 Å². The molecule has 24 heavy (non-hydrogen) atoms. The van der Waals surface area contributed by atoms with Crippen LogP contribution in [0, 0.1) is 6.92 Å². The Morgan fingerprint density at radius 3 is 2.67 bits per heavy atom. The van der Waals surface area contributed by atoms with Gasteiger partial charge in [-0.1, -0.05) is 31.2 Å². The zero-order valence-electron chi connectivity index (χ0n) is 14.4. The van der Waals surface area contributed by atoms with Gasteiger partial charge in [0.1, 0.15) is 12.4 Å². The van der Waals surface area contributed by atoms with Crippen LogP contribution in [0.5, 0.6) is 5.75 Å². The lowest BCUT2D eigenvalue weighted by atomic mass is 10.2. The highest BCUT2D eigenvalue weighted by Gasteiger charge is 2.21. The fraction of sp³-hybridized carbons (Fsp3) is 0.368. The number of carbonyl (C=O) groups excluding carboxylic acids is 1. The van der Waals surface area contributed by atoms with E-state index in [-0.39, 0.29) is 12.5 Å². The molecule has 0 aliphatic rings. The minimum Gasteiger partial charge on any atom is -0.490 e. The molecule has 0 saturated carbocycles. The maximum absolute atomic E-state index is 12.2. The van der Waals surface area contributed by atoms with E-state index in [1.54, 1.807) is 7.05 Å². The SMILES string of the molecule is CCc1ccc(CN(C)C(=O)C(O)COc2ccccc2C)nc1. The largest absolute Gasteiger partial charge is 0.490 e. The summed E-state index contributed by atoms with van der Waals surface area (Å²) < 4.78 is 5.54. The van der Waals surface area contributed by atoms with Gasteiger partial charge < -0.3 is 14.7 Å². The van der Waals surface area contributed by atoms with Crippen LogP contribution in [0.1, 0.15) is 23.7 Å². The second-order valence-corrected chi connectivity index (χ2v) is 5.80. The maximum atomic E-state index is 12.2. The smallest absolute Gasteiger partial charge is 0.255 e. The Hall–Kier alpha value is -2.40. The van der Waals surface area contributed by atoms with Gasteiger partial charge in [-0.3, -0.25) is 9.78 Å². The van der Waals surface area contributed by atoms with E-state index in [2.05, 4.69) is 11.9 Å². The molecule has 0 saturated heterocycles. The molecule has 1 amide bonds. The van der Waals surface area contributed by atoms with Crippen molar-refractivity contribution in [3.05, 3.63) is 59.4 Å². The van der Waals surface area contributed by atoms with Gasteiger partial charge in [0.25, 0.3) is 5.91 Å². The summed E-state index contributed by atoms with van der Waals surface area (Å²) in [5, 5.41) is 10.1. The molecule has 1 aromatic carbocycles. The minimum absolute atomic E-state index is 0.0732. The van der Waals surface area contributed by atoms with Crippen LogP contribution < -0.4 is 4.74 Å². The first-order valence-corrected chi connectivity index (χ1v) is 8.06. The lowest BCUT2D eigenvalue weighted by Gasteiger charge is -2.21. The van der Waals surface area contributed by atoms with Crippen LogP contribution in [0.25, 0.3) is 0 Å². The van der Waals surface area contributed by atoms with E-state index < -0.39 is 6.10 Å². The van der Waals surface area contributed by atoms with Gasteiger partial charge in [-0.15, -0.1) is 0 Å². The van der Waals surface area contributed by atoms with E-state index >= 15 is 0 Å². The van der Waals surface area contributed by atoms with Crippen LogP contribution in [0.15, 0.2) is 42.6 Å². The van der Waals surface area contributed by atoms with Crippen LogP contribution in [0.4, 0.5) is 0 Å². The molecular formula is C19H24N2O3. The standard InChI is InChI=1S/C19H24N2O3/c1-4-15-9-10-16(20-11-15)12-21(3)19(23)17(22)13-24-18-8-6-5-7-14(18)2/h5-11,17,22H,4,12-13H2,1-3H3. The molecule has 0 aliphatic heterocycles. The number of pyridine rings is 1. The summed E-state index contributed by atoms with van der Waals surface area (Å²) in [6.07, 6.45) is 1.53. The number of aliphatic hydroxyl groups is 1. The van der Waals surface area contributed by atoms with E-state index in [0.717, 1.165) is 23.2 Å². The fourth-order valence-corrected chi connectivity index (χ4v) is 2.29. The van der Waals surface area contributed by atoms with Crippen molar-refractivity contribution in [2.75, 3.05) is 13.7 Å². The Bertz CT molecular complexity index is 671. The van der Waals surface area contributed by atoms with Crippen LogP contribution in [-0.4, -0.2) is 40.7 Å². The number of aromatic nitrogens is 1. The van der Waals surface area contributed by atoms with Gasteiger partial charge in [-0.25, -0.2) is 0 Å². The topological polar surface area (TPSA) is 62.7 Å². The summed E-state index contributed by atoms with van der Waals surface area (Å²) in [7, 11) is 1.65. The molecular weight excluding hydrogens is 304 g/mol. The quantitative estimate of drug-likeness (QED) is 0.847. The van der Waals surface area contributed by atoms with E-state index in [4.69, 9.17) is 4.74 Å². The average molecular weight is 328 g/mol. The number of benzene rings is 1. The lowest BCUT2D eigenvalue weighted by molar-refractivity contribution is -0.140. The molecule has 128 valence electrons. The lowest BCUT2D eigenvalue weighted by Crippen LogP contribution is -2.39. The Kier molecular flexibility index (Phi) is 6.32. The number of rotatable bonds is 7. The van der Waals surface area contributed by atoms with Crippen molar-refractivity contribution in [2.45, 2.75) is 32.9 Å². The molecule has 1 atom stereocenters. The number of para-hydroxylation sites is 1. The Morgan fingerprint density at radius 1 is 1.29 bits per heavy atom. The molecule has 1 unspecified atom stereocenters. The third kappa shape index (κ3) is 4.80. The molecule has 0 spiro atoms. The van der Waals surface area contributed by atoms with Crippen molar-refractivity contribution in [2.24, 2.45) is 0 Å². The molecule has 1 aromatic heterocycles. The first-order chi connectivity index (χ1) is 11.5. The van der Waals surface area contributed by atoms with Gasteiger partial charge in [0, 0.05) is 13.2 Å². The molecule has 5 heteroatoms. The van der Waals surface area contributed by atoms with E-state index in [0.29, 0.717) is 12.3 Å². The van der Waals surface area contributed by atoms with Gasteiger partial charge >= 0.3 is 0 Å². The highest BCUT2D eigenvalue weighted by molar-refractivity contribution is 5.80. The minimum atomic E-state index is -1.20. The highest BCUT2D eigenvalue weighted by Crippen LogP contribution is 2.16. The predicted molar refractivity (Wildman–Crippen MR) is 92.8 cm³/mol. The molecule has 0 radical (unpaired) electrons. The van der Waals surface area contributed by atoms with Crippen molar-refractivity contribution in [3.8, 4) is 5.75 Å². The molecule has 2 aromatic rings. The van der Waals surface area contributed by atoms with Gasteiger partial charge in [-0.05, 0) is 36.6 Å². The number of aryl methyl sites for hydroxylation is 2. The third-order valence-corrected chi connectivity index (χ3v) is 3.84. The second-order valence-electron chi connectivity index (χ2n) is 5.80. The Balaban J connectivity index is 1.88. The molecule has 2 rings (SSSR count). The molecule has 0 aliphatic carbocycles. The molecule has 1 heterocycles. The predicted octanol–water partition coefficient (Wildman–Crippen LogP) is 2.35. The van der Waals surface area contributed by atoms with E-state index in [1.165, 1.54) is 4.90 Å². The Labute approximate surface area is 142 Å². The van der Waals surface area contributed by atoms with Gasteiger partial charge in [-0.2, -0.15) is 0 Å². The zero-order valence-corrected chi connectivity index (χ0v) is 14.4. The van der Waals surface area contributed by atoms with Crippen LogP contribution in [0.3, 0.4) is 0 Å². The number of likely N-dealkylation sites (N-methyl/N-ethyl adjacent to an activating group) is 1. The van der Waals surface area contributed by atoms with Gasteiger partial charge in [0.05, 0.1) is 12.2 Å². The van der Waals surface area contributed by atoms with Crippen molar-refractivity contribution in [1.82, 2.24) is 9.88 Å². The third-order valence-electron chi connectivity index (χ3n) is 3.84. The van der Waals surface area contributed by atoms with Gasteiger partial charge in [0.2, 0.25) is 0 Å². The van der Waals surface area contributed by atoms with E-state index in [1.807, 2.05) is 49.5 Å². The number of aliphatic hydroxyl groups excluding tert-OH is 1. The Morgan fingerprint density at radius 2 is 2.04 bits per heavy atom. The molecule has 5 nitrogen and oxygen atoms in total. The first kappa shape index (κ1) is 17.9. The summed E-state index contributed by atoms with van der Waals surface area (Å²) in [5.74, 6) is 0.286.